The minimum atomic E-state index is 0.143. The van der Waals surface area contributed by atoms with E-state index in [0.29, 0.717) is 5.41 Å². The van der Waals surface area contributed by atoms with Gasteiger partial charge in [-0.1, -0.05) is 6.07 Å². The first-order valence-electron chi connectivity index (χ1n) is 7.43. The minimum absolute atomic E-state index is 0.143. The SMILES string of the molecule is COCCN1CCC2(C1)CN(C(=O)/C=C/c1cccs1)C2. The molecule has 2 aliphatic heterocycles. The van der Waals surface area contributed by atoms with Gasteiger partial charge in [-0.3, -0.25) is 4.79 Å². The number of rotatable bonds is 5. The van der Waals surface area contributed by atoms with Gasteiger partial charge in [0.25, 0.3) is 0 Å². The van der Waals surface area contributed by atoms with Crippen LogP contribution in [0.2, 0.25) is 0 Å². The number of hydrogen-bond acceptors (Lipinski definition) is 4. The third-order valence-corrected chi connectivity index (χ3v) is 5.26. The molecule has 114 valence electrons. The fourth-order valence-electron chi connectivity index (χ4n) is 3.26. The summed E-state index contributed by atoms with van der Waals surface area (Å²) < 4.78 is 5.14. The normalized spacial score (nSPS) is 21.3. The topological polar surface area (TPSA) is 32.8 Å². The van der Waals surface area contributed by atoms with Gasteiger partial charge in [0, 0.05) is 49.7 Å². The van der Waals surface area contributed by atoms with E-state index in [4.69, 9.17) is 4.74 Å². The fraction of sp³-hybridized carbons (Fsp3) is 0.562. The third kappa shape index (κ3) is 3.36. The fourth-order valence-corrected chi connectivity index (χ4v) is 3.88. The lowest BCUT2D eigenvalue weighted by atomic mass is 9.79. The second-order valence-electron chi connectivity index (χ2n) is 6.06. The summed E-state index contributed by atoms with van der Waals surface area (Å²) in [5.74, 6) is 0.143. The van der Waals surface area contributed by atoms with Crippen LogP contribution in [0.1, 0.15) is 11.3 Å². The number of nitrogens with zero attached hydrogens (tertiary/aromatic N) is 2. The Hall–Kier alpha value is -1.17. The predicted molar refractivity (Wildman–Crippen MR) is 85.3 cm³/mol. The lowest BCUT2D eigenvalue weighted by molar-refractivity contribution is -0.137. The van der Waals surface area contributed by atoms with Gasteiger partial charge in [-0.15, -0.1) is 11.3 Å². The Morgan fingerprint density at radius 3 is 3.05 bits per heavy atom. The van der Waals surface area contributed by atoms with Gasteiger partial charge < -0.3 is 14.5 Å². The molecule has 3 rings (SSSR count). The number of amides is 1. The van der Waals surface area contributed by atoms with Crippen LogP contribution < -0.4 is 0 Å². The monoisotopic (exact) mass is 306 g/mol. The van der Waals surface area contributed by atoms with E-state index >= 15 is 0 Å². The van der Waals surface area contributed by atoms with E-state index < -0.39 is 0 Å². The summed E-state index contributed by atoms with van der Waals surface area (Å²) >= 11 is 1.65. The van der Waals surface area contributed by atoms with Crippen LogP contribution in [0.3, 0.4) is 0 Å². The molecule has 0 radical (unpaired) electrons. The van der Waals surface area contributed by atoms with Gasteiger partial charge in [-0.05, 0) is 30.5 Å². The molecule has 2 fully saturated rings. The first-order valence-corrected chi connectivity index (χ1v) is 8.31. The van der Waals surface area contributed by atoms with E-state index in [1.165, 1.54) is 6.42 Å². The van der Waals surface area contributed by atoms with Crippen LogP contribution in [0, 0.1) is 5.41 Å². The summed E-state index contributed by atoms with van der Waals surface area (Å²) in [6, 6.07) is 4.03. The molecule has 5 heteroatoms. The van der Waals surface area contributed by atoms with Gasteiger partial charge in [0.15, 0.2) is 0 Å². The van der Waals surface area contributed by atoms with Crippen LogP contribution in [0.5, 0.6) is 0 Å². The average Bonchev–Trinajstić information content (AvgIpc) is 3.10. The Labute approximate surface area is 130 Å². The first-order chi connectivity index (χ1) is 10.2. The molecular formula is C16H22N2O2S. The molecule has 0 saturated carbocycles. The Bertz CT molecular complexity index is 506. The van der Waals surface area contributed by atoms with Gasteiger partial charge in [-0.25, -0.2) is 0 Å². The number of methoxy groups -OCH3 is 1. The van der Waals surface area contributed by atoms with Crippen LogP contribution in [0.15, 0.2) is 23.6 Å². The van der Waals surface area contributed by atoms with Crippen molar-refractivity contribution in [1.29, 1.82) is 0 Å². The number of carbonyl (C=O) groups excluding carboxylic acids is 1. The smallest absolute Gasteiger partial charge is 0.246 e. The number of ether oxygens (including phenoxy) is 1. The lowest BCUT2D eigenvalue weighted by Crippen LogP contribution is -2.59. The van der Waals surface area contributed by atoms with Gasteiger partial charge in [0.05, 0.1) is 6.61 Å². The van der Waals surface area contributed by atoms with Crippen molar-refractivity contribution in [1.82, 2.24) is 9.80 Å². The summed E-state index contributed by atoms with van der Waals surface area (Å²) in [6.07, 6.45) is 4.82. The number of thiophene rings is 1. The Kier molecular flexibility index (Phi) is 4.42. The van der Waals surface area contributed by atoms with Crippen LogP contribution in [0.4, 0.5) is 0 Å². The van der Waals surface area contributed by atoms with E-state index in [0.717, 1.165) is 44.2 Å². The van der Waals surface area contributed by atoms with Gasteiger partial charge in [0.1, 0.15) is 0 Å². The second kappa shape index (κ2) is 6.30. The van der Waals surface area contributed by atoms with Gasteiger partial charge >= 0.3 is 0 Å². The van der Waals surface area contributed by atoms with Crippen molar-refractivity contribution in [2.45, 2.75) is 6.42 Å². The van der Waals surface area contributed by atoms with Crippen molar-refractivity contribution in [2.24, 2.45) is 5.41 Å². The van der Waals surface area contributed by atoms with Crippen molar-refractivity contribution in [3.63, 3.8) is 0 Å². The molecule has 0 aliphatic carbocycles. The first kappa shape index (κ1) is 14.8. The van der Waals surface area contributed by atoms with Crippen molar-refractivity contribution in [2.75, 3.05) is 46.4 Å². The van der Waals surface area contributed by atoms with Crippen LogP contribution >= 0.6 is 11.3 Å². The zero-order valence-corrected chi connectivity index (χ0v) is 13.3. The van der Waals surface area contributed by atoms with E-state index in [9.17, 15) is 4.79 Å². The molecule has 0 atom stereocenters. The zero-order valence-electron chi connectivity index (χ0n) is 12.5. The maximum Gasteiger partial charge on any atom is 0.246 e. The molecule has 1 amide bonds. The molecule has 2 saturated heterocycles. The zero-order chi connectivity index (χ0) is 14.7. The van der Waals surface area contributed by atoms with Crippen molar-refractivity contribution >= 4 is 23.3 Å². The molecule has 1 spiro atoms. The molecule has 3 heterocycles. The van der Waals surface area contributed by atoms with E-state index in [1.807, 2.05) is 28.5 Å². The van der Waals surface area contributed by atoms with E-state index in [1.54, 1.807) is 24.5 Å². The molecule has 0 unspecified atom stereocenters. The largest absolute Gasteiger partial charge is 0.383 e. The standard InChI is InChI=1S/C16H22N2O2S/c1-20-9-8-17-7-6-16(11-17)12-18(13-16)15(19)5-4-14-3-2-10-21-14/h2-5,10H,6-9,11-13H2,1H3/b5-4+. The summed E-state index contributed by atoms with van der Waals surface area (Å²) in [7, 11) is 1.75. The number of carbonyl (C=O) groups is 1. The molecule has 4 nitrogen and oxygen atoms in total. The number of hydrogen-bond donors (Lipinski definition) is 0. The van der Waals surface area contributed by atoms with Crippen LogP contribution in [0.25, 0.3) is 6.08 Å². The highest BCUT2D eigenvalue weighted by molar-refractivity contribution is 7.10. The van der Waals surface area contributed by atoms with Crippen molar-refractivity contribution < 1.29 is 9.53 Å². The van der Waals surface area contributed by atoms with E-state index in [2.05, 4.69) is 4.90 Å². The predicted octanol–water partition coefficient (Wildman–Crippen LogP) is 1.94. The van der Waals surface area contributed by atoms with E-state index in [-0.39, 0.29) is 5.91 Å². The highest BCUT2D eigenvalue weighted by Crippen LogP contribution is 2.39. The summed E-state index contributed by atoms with van der Waals surface area (Å²) in [5.41, 5.74) is 0.347. The molecule has 0 N–H and O–H groups in total. The molecule has 0 aromatic carbocycles. The minimum Gasteiger partial charge on any atom is -0.383 e. The molecular weight excluding hydrogens is 284 g/mol. The summed E-state index contributed by atoms with van der Waals surface area (Å²) in [6.45, 7) is 5.85. The number of likely N-dealkylation sites (tertiary alicyclic amines) is 2. The lowest BCUT2D eigenvalue weighted by Gasteiger charge is -2.47. The highest BCUT2D eigenvalue weighted by atomic mass is 32.1. The Morgan fingerprint density at radius 2 is 2.33 bits per heavy atom. The molecule has 1 aromatic rings. The second-order valence-corrected chi connectivity index (χ2v) is 7.04. The maximum atomic E-state index is 12.1. The molecule has 1 aromatic heterocycles. The Morgan fingerprint density at radius 1 is 1.48 bits per heavy atom. The Balaban J connectivity index is 1.46. The van der Waals surface area contributed by atoms with Crippen LogP contribution in [-0.4, -0.2) is 62.1 Å². The summed E-state index contributed by atoms with van der Waals surface area (Å²) in [5, 5.41) is 2.02. The van der Waals surface area contributed by atoms with Crippen molar-refractivity contribution in [3.05, 3.63) is 28.5 Å². The van der Waals surface area contributed by atoms with Gasteiger partial charge in [-0.2, -0.15) is 0 Å². The van der Waals surface area contributed by atoms with Gasteiger partial charge in [0.2, 0.25) is 5.91 Å². The maximum absolute atomic E-state index is 12.1. The molecule has 0 bridgehead atoms. The average molecular weight is 306 g/mol. The summed E-state index contributed by atoms with van der Waals surface area (Å²) in [4.78, 5) is 17.7. The molecule has 21 heavy (non-hydrogen) atoms. The third-order valence-electron chi connectivity index (χ3n) is 4.43. The highest BCUT2D eigenvalue weighted by Gasteiger charge is 2.48. The van der Waals surface area contributed by atoms with Crippen LogP contribution in [-0.2, 0) is 9.53 Å². The van der Waals surface area contributed by atoms with Crippen molar-refractivity contribution in [3.8, 4) is 0 Å². The molecule has 2 aliphatic rings. The quantitative estimate of drug-likeness (QED) is 0.780.